The van der Waals surface area contributed by atoms with E-state index in [1.807, 2.05) is 43.3 Å². The molecule has 138 valence electrons. The van der Waals surface area contributed by atoms with Crippen LogP contribution in [0.4, 0.5) is 0 Å². The number of para-hydroxylation sites is 2. The lowest BCUT2D eigenvalue weighted by atomic mass is 10.1. The Hall–Kier alpha value is -2.69. The minimum atomic E-state index is -0.234. The highest BCUT2D eigenvalue weighted by Crippen LogP contribution is 2.31. The van der Waals surface area contributed by atoms with Gasteiger partial charge in [0.25, 0.3) is 5.91 Å². The predicted molar refractivity (Wildman–Crippen MR) is 100 cm³/mol. The monoisotopic (exact) mass is 355 g/mol. The van der Waals surface area contributed by atoms with Crippen molar-refractivity contribution < 1.29 is 19.0 Å². The van der Waals surface area contributed by atoms with Gasteiger partial charge >= 0.3 is 0 Å². The zero-order valence-electron chi connectivity index (χ0n) is 15.4. The summed E-state index contributed by atoms with van der Waals surface area (Å²) >= 11 is 0. The van der Waals surface area contributed by atoms with Crippen molar-refractivity contribution in [1.82, 2.24) is 5.32 Å². The molecule has 26 heavy (non-hydrogen) atoms. The molecule has 0 saturated heterocycles. The van der Waals surface area contributed by atoms with Crippen molar-refractivity contribution >= 4 is 5.91 Å². The van der Waals surface area contributed by atoms with Crippen LogP contribution in [0.3, 0.4) is 0 Å². The second-order valence-corrected chi connectivity index (χ2v) is 6.91. The first kappa shape index (κ1) is 18.1. The molecular weight excluding hydrogens is 330 g/mol. The molecule has 0 spiro atoms. The number of ether oxygens (including phenoxy) is 3. The fourth-order valence-electron chi connectivity index (χ4n) is 2.63. The standard InChI is InChI=1S/C21H25NO4/c1-14(2)12-24-17-10-8-16(9-11-17)21(23)22-15(3)20-13-25-18-6-4-5-7-19(18)26-20/h4-11,14-15,20H,12-13H2,1-3H3,(H,22,23)/t15-,20-/m1/s1. The summed E-state index contributed by atoms with van der Waals surface area (Å²) in [6.07, 6.45) is -0.234. The highest BCUT2D eigenvalue weighted by atomic mass is 16.6. The lowest BCUT2D eigenvalue weighted by Crippen LogP contribution is -2.48. The van der Waals surface area contributed by atoms with E-state index in [-0.39, 0.29) is 18.1 Å². The molecule has 1 N–H and O–H groups in total. The quantitative estimate of drug-likeness (QED) is 0.859. The number of hydrogen-bond donors (Lipinski definition) is 1. The summed E-state index contributed by atoms with van der Waals surface area (Å²) in [5.74, 6) is 2.52. The summed E-state index contributed by atoms with van der Waals surface area (Å²) in [4.78, 5) is 12.5. The van der Waals surface area contributed by atoms with Gasteiger partial charge in [-0.05, 0) is 49.2 Å². The van der Waals surface area contributed by atoms with Crippen LogP contribution >= 0.6 is 0 Å². The molecule has 0 saturated carbocycles. The molecule has 1 aliphatic heterocycles. The van der Waals surface area contributed by atoms with E-state index in [1.54, 1.807) is 12.1 Å². The molecule has 5 heteroatoms. The highest BCUT2D eigenvalue weighted by Gasteiger charge is 2.27. The summed E-state index contributed by atoms with van der Waals surface area (Å²) in [5.41, 5.74) is 0.589. The molecule has 2 aromatic carbocycles. The molecule has 0 unspecified atom stereocenters. The number of benzene rings is 2. The number of carbonyl (C=O) groups is 1. The highest BCUT2D eigenvalue weighted by molar-refractivity contribution is 5.94. The van der Waals surface area contributed by atoms with Crippen LogP contribution in [-0.4, -0.2) is 31.3 Å². The Balaban J connectivity index is 1.56. The van der Waals surface area contributed by atoms with Gasteiger partial charge in [0.2, 0.25) is 0 Å². The summed E-state index contributed by atoms with van der Waals surface area (Å²) < 4.78 is 17.3. The fourth-order valence-corrected chi connectivity index (χ4v) is 2.63. The average molecular weight is 355 g/mol. The van der Waals surface area contributed by atoms with Crippen molar-refractivity contribution in [3.63, 3.8) is 0 Å². The van der Waals surface area contributed by atoms with Crippen molar-refractivity contribution in [3.8, 4) is 17.2 Å². The molecule has 0 aromatic heterocycles. The Bertz CT molecular complexity index is 742. The maximum Gasteiger partial charge on any atom is 0.251 e. The Morgan fingerprint density at radius 1 is 1.12 bits per heavy atom. The van der Waals surface area contributed by atoms with Crippen LogP contribution in [0, 0.1) is 5.92 Å². The summed E-state index contributed by atoms with van der Waals surface area (Å²) in [6.45, 7) is 7.17. The van der Waals surface area contributed by atoms with E-state index in [4.69, 9.17) is 14.2 Å². The molecule has 1 amide bonds. The lowest BCUT2D eigenvalue weighted by molar-refractivity contribution is 0.0606. The summed E-state index contributed by atoms with van der Waals surface area (Å²) in [6, 6.07) is 14.5. The first-order valence-electron chi connectivity index (χ1n) is 8.95. The van der Waals surface area contributed by atoms with Gasteiger partial charge in [0.05, 0.1) is 12.6 Å². The molecule has 3 rings (SSSR count). The number of fused-ring (bicyclic) bond motifs is 1. The maximum atomic E-state index is 12.5. The van der Waals surface area contributed by atoms with E-state index in [2.05, 4.69) is 19.2 Å². The second-order valence-electron chi connectivity index (χ2n) is 6.91. The molecule has 0 bridgehead atoms. The van der Waals surface area contributed by atoms with Gasteiger partial charge in [-0.15, -0.1) is 0 Å². The molecule has 0 aliphatic carbocycles. The third-order valence-corrected chi connectivity index (χ3v) is 4.15. The number of amides is 1. The summed E-state index contributed by atoms with van der Waals surface area (Å²) in [7, 11) is 0. The fraction of sp³-hybridized carbons (Fsp3) is 0.381. The minimum absolute atomic E-state index is 0.143. The molecule has 2 atom stereocenters. The van der Waals surface area contributed by atoms with Crippen molar-refractivity contribution in [3.05, 3.63) is 54.1 Å². The van der Waals surface area contributed by atoms with Crippen LogP contribution in [0.15, 0.2) is 48.5 Å². The van der Waals surface area contributed by atoms with E-state index in [0.29, 0.717) is 30.4 Å². The summed E-state index contributed by atoms with van der Waals surface area (Å²) in [5, 5.41) is 2.98. The third kappa shape index (κ3) is 4.48. The van der Waals surface area contributed by atoms with E-state index in [1.165, 1.54) is 0 Å². The van der Waals surface area contributed by atoms with Crippen molar-refractivity contribution in [1.29, 1.82) is 0 Å². The first-order valence-corrected chi connectivity index (χ1v) is 8.95. The molecule has 2 aromatic rings. The van der Waals surface area contributed by atoms with E-state index < -0.39 is 0 Å². The van der Waals surface area contributed by atoms with Crippen LogP contribution in [0.5, 0.6) is 17.2 Å². The minimum Gasteiger partial charge on any atom is -0.493 e. The normalized spacial score (nSPS) is 16.8. The maximum absolute atomic E-state index is 12.5. The Morgan fingerprint density at radius 2 is 1.81 bits per heavy atom. The van der Waals surface area contributed by atoms with Crippen molar-refractivity contribution in [2.24, 2.45) is 5.92 Å². The zero-order valence-corrected chi connectivity index (χ0v) is 15.4. The zero-order chi connectivity index (χ0) is 18.5. The first-order chi connectivity index (χ1) is 12.5. The van der Waals surface area contributed by atoms with Crippen molar-refractivity contribution in [2.45, 2.75) is 32.9 Å². The van der Waals surface area contributed by atoms with Gasteiger partial charge in [0.15, 0.2) is 17.6 Å². The number of rotatable bonds is 6. The Kier molecular flexibility index (Phi) is 5.66. The van der Waals surface area contributed by atoms with Crippen LogP contribution in [-0.2, 0) is 0 Å². The van der Waals surface area contributed by atoms with Crippen LogP contribution in [0.2, 0.25) is 0 Å². The third-order valence-electron chi connectivity index (χ3n) is 4.15. The number of hydrogen-bond acceptors (Lipinski definition) is 4. The van der Waals surface area contributed by atoms with E-state index in [9.17, 15) is 4.79 Å². The van der Waals surface area contributed by atoms with Gasteiger partial charge in [-0.1, -0.05) is 26.0 Å². The molecule has 5 nitrogen and oxygen atoms in total. The molecule has 1 heterocycles. The number of carbonyl (C=O) groups excluding carboxylic acids is 1. The van der Waals surface area contributed by atoms with Crippen LogP contribution in [0.25, 0.3) is 0 Å². The Morgan fingerprint density at radius 3 is 2.50 bits per heavy atom. The topological polar surface area (TPSA) is 56.8 Å². The number of nitrogens with one attached hydrogen (secondary N) is 1. The van der Waals surface area contributed by atoms with Gasteiger partial charge in [0.1, 0.15) is 12.4 Å². The van der Waals surface area contributed by atoms with Crippen LogP contribution in [0.1, 0.15) is 31.1 Å². The molecule has 1 aliphatic rings. The van der Waals surface area contributed by atoms with Crippen molar-refractivity contribution in [2.75, 3.05) is 13.2 Å². The van der Waals surface area contributed by atoms with Gasteiger partial charge in [-0.25, -0.2) is 0 Å². The van der Waals surface area contributed by atoms with E-state index >= 15 is 0 Å². The largest absolute Gasteiger partial charge is 0.493 e. The smallest absolute Gasteiger partial charge is 0.251 e. The predicted octanol–water partition coefficient (Wildman–Crippen LogP) is 3.68. The van der Waals surface area contributed by atoms with Crippen LogP contribution < -0.4 is 19.5 Å². The molecular formula is C21H25NO4. The molecule has 0 radical (unpaired) electrons. The Labute approximate surface area is 154 Å². The van der Waals surface area contributed by atoms with Gasteiger partial charge in [-0.2, -0.15) is 0 Å². The van der Waals surface area contributed by atoms with E-state index in [0.717, 1.165) is 11.5 Å². The van der Waals surface area contributed by atoms with Gasteiger partial charge in [-0.3, -0.25) is 4.79 Å². The van der Waals surface area contributed by atoms with Gasteiger partial charge < -0.3 is 19.5 Å². The molecule has 0 fully saturated rings. The van der Waals surface area contributed by atoms with Gasteiger partial charge in [0, 0.05) is 5.56 Å². The average Bonchev–Trinajstić information content (AvgIpc) is 2.66. The SMILES string of the molecule is CC(C)COc1ccc(C(=O)N[C@H](C)[C@H]2COc3ccccc3O2)cc1. The lowest BCUT2D eigenvalue weighted by Gasteiger charge is -2.30. The second kappa shape index (κ2) is 8.13.